The minimum absolute atomic E-state index is 0.181. The summed E-state index contributed by atoms with van der Waals surface area (Å²) in [4.78, 5) is 0.224. The Hall–Kier alpha value is -1.43. The second-order valence-corrected chi connectivity index (χ2v) is 14.5. The highest BCUT2D eigenvalue weighted by Crippen LogP contribution is 2.29. The maximum absolute atomic E-state index is 12.3. The standard InChI is InChI=1S/C21H30O3SSi/c1-17-11-13-20(14-12-17)25(22,23)24-16-18(2)15-19(3)26(4,5)21-9-7-6-8-10-21/h6-14,18-19H,15-16H2,1-5H3/t18-,19-/m0/s1. The van der Waals surface area contributed by atoms with Crippen LogP contribution in [0.15, 0.2) is 59.5 Å². The van der Waals surface area contributed by atoms with E-state index in [1.807, 2.05) is 13.0 Å². The predicted octanol–water partition coefficient (Wildman–Crippen LogP) is 4.73. The average molecular weight is 391 g/mol. The summed E-state index contributed by atoms with van der Waals surface area (Å²) in [7, 11) is -5.28. The first-order chi connectivity index (χ1) is 12.1. The second-order valence-electron chi connectivity index (χ2n) is 7.88. The van der Waals surface area contributed by atoms with Gasteiger partial charge in [-0.1, -0.05) is 80.2 Å². The molecule has 0 radical (unpaired) electrons. The summed E-state index contributed by atoms with van der Waals surface area (Å²) >= 11 is 0. The third-order valence-electron chi connectivity index (χ3n) is 5.32. The summed E-state index contributed by atoms with van der Waals surface area (Å²) in [6.07, 6.45) is 0.956. The van der Waals surface area contributed by atoms with Crippen LogP contribution in [0.25, 0.3) is 0 Å². The Morgan fingerprint density at radius 3 is 2.12 bits per heavy atom. The molecule has 0 fully saturated rings. The first kappa shape index (κ1) is 20.9. The number of benzene rings is 2. The molecule has 0 unspecified atom stereocenters. The van der Waals surface area contributed by atoms with Crippen LogP contribution < -0.4 is 5.19 Å². The van der Waals surface area contributed by atoms with Crippen LogP contribution in [0.4, 0.5) is 0 Å². The summed E-state index contributed by atoms with van der Waals surface area (Å²) in [5.41, 5.74) is 1.56. The van der Waals surface area contributed by atoms with Gasteiger partial charge in [0.05, 0.1) is 19.6 Å². The Balaban J connectivity index is 1.95. The summed E-state index contributed by atoms with van der Waals surface area (Å²) in [6.45, 7) is 11.3. The Bertz CT molecular complexity index is 799. The van der Waals surface area contributed by atoms with Gasteiger partial charge in [0, 0.05) is 0 Å². The molecule has 0 aliphatic rings. The van der Waals surface area contributed by atoms with Gasteiger partial charge in [-0.25, -0.2) is 0 Å². The normalized spacial score (nSPS) is 14.8. The van der Waals surface area contributed by atoms with Gasteiger partial charge in [0.25, 0.3) is 10.1 Å². The summed E-state index contributed by atoms with van der Waals surface area (Å²) < 4.78 is 30.0. The largest absolute Gasteiger partial charge is 0.296 e. The lowest BCUT2D eigenvalue weighted by molar-refractivity contribution is 0.256. The van der Waals surface area contributed by atoms with E-state index in [0.29, 0.717) is 5.54 Å². The topological polar surface area (TPSA) is 43.4 Å². The number of rotatable bonds is 8. The van der Waals surface area contributed by atoms with Crippen molar-refractivity contribution in [3.05, 3.63) is 60.2 Å². The van der Waals surface area contributed by atoms with Gasteiger partial charge >= 0.3 is 0 Å². The molecule has 0 N–H and O–H groups in total. The van der Waals surface area contributed by atoms with Crippen molar-refractivity contribution >= 4 is 23.4 Å². The van der Waals surface area contributed by atoms with Crippen molar-refractivity contribution in [3.63, 3.8) is 0 Å². The van der Waals surface area contributed by atoms with E-state index in [1.165, 1.54) is 5.19 Å². The smallest absolute Gasteiger partial charge is 0.266 e. The van der Waals surface area contributed by atoms with Crippen molar-refractivity contribution in [2.45, 2.75) is 50.7 Å². The van der Waals surface area contributed by atoms with Crippen LogP contribution in [0.2, 0.25) is 18.6 Å². The first-order valence-electron chi connectivity index (χ1n) is 9.14. The minimum atomic E-state index is -3.68. The third-order valence-corrected chi connectivity index (χ3v) is 11.1. The molecule has 2 rings (SSSR count). The van der Waals surface area contributed by atoms with Gasteiger partial charge in [-0.05, 0) is 36.9 Å². The van der Waals surface area contributed by atoms with Crippen molar-refractivity contribution in [2.24, 2.45) is 5.92 Å². The Morgan fingerprint density at radius 1 is 0.962 bits per heavy atom. The molecule has 0 spiro atoms. The molecule has 142 valence electrons. The monoisotopic (exact) mass is 390 g/mol. The van der Waals surface area contributed by atoms with Gasteiger partial charge in [-0.15, -0.1) is 0 Å². The molecule has 0 aliphatic carbocycles. The van der Waals surface area contributed by atoms with E-state index < -0.39 is 18.2 Å². The van der Waals surface area contributed by atoms with Gasteiger partial charge < -0.3 is 0 Å². The van der Waals surface area contributed by atoms with Crippen molar-refractivity contribution in [3.8, 4) is 0 Å². The second kappa shape index (κ2) is 8.50. The van der Waals surface area contributed by atoms with Crippen LogP contribution in [0.3, 0.4) is 0 Å². The van der Waals surface area contributed by atoms with E-state index in [0.717, 1.165) is 12.0 Å². The van der Waals surface area contributed by atoms with Crippen LogP contribution in [0.5, 0.6) is 0 Å². The Labute approximate surface area is 159 Å². The molecule has 0 saturated heterocycles. The van der Waals surface area contributed by atoms with Crippen LogP contribution in [-0.2, 0) is 14.3 Å². The summed E-state index contributed by atoms with van der Waals surface area (Å²) in [6, 6.07) is 17.4. The lowest BCUT2D eigenvalue weighted by atomic mass is 10.1. The molecule has 5 heteroatoms. The summed E-state index contributed by atoms with van der Waals surface area (Å²) in [5.74, 6) is 0.181. The van der Waals surface area contributed by atoms with Gasteiger partial charge in [0.15, 0.2) is 0 Å². The molecule has 2 atom stereocenters. The molecule has 3 nitrogen and oxygen atoms in total. The maximum atomic E-state index is 12.3. The van der Waals surface area contributed by atoms with Crippen LogP contribution in [0.1, 0.15) is 25.8 Å². The quantitative estimate of drug-likeness (QED) is 0.483. The molecule has 0 bridgehead atoms. The van der Waals surface area contributed by atoms with E-state index in [1.54, 1.807) is 24.3 Å². The first-order valence-corrected chi connectivity index (χ1v) is 13.6. The Morgan fingerprint density at radius 2 is 1.54 bits per heavy atom. The van der Waals surface area contributed by atoms with E-state index in [4.69, 9.17) is 4.18 Å². The van der Waals surface area contributed by atoms with Crippen LogP contribution in [0, 0.1) is 12.8 Å². The van der Waals surface area contributed by atoms with E-state index in [-0.39, 0.29) is 17.4 Å². The van der Waals surface area contributed by atoms with Gasteiger partial charge in [-0.3, -0.25) is 4.18 Å². The third kappa shape index (κ3) is 5.28. The number of hydrogen-bond donors (Lipinski definition) is 0. The molecule has 0 heterocycles. The molecular formula is C21H30O3SSi. The Kier molecular flexibility index (Phi) is 6.83. The van der Waals surface area contributed by atoms with Crippen LogP contribution in [-0.4, -0.2) is 23.1 Å². The zero-order chi connectivity index (χ0) is 19.4. The molecule has 0 saturated carbocycles. The molecule has 0 amide bonds. The van der Waals surface area contributed by atoms with E-state index in [2.05, 4.69) is 51.2 Å². The molecule has 0 aliphatic heterocycles. The molecule has 26 heavy (non-hydrogen) atoms. The van der Waals surface area contributed by atoms with Gasteiger partial charge in [0.1, 0.15) is 0 Å². The highest BCUT2D eigenvalue weighted by molar-refractivity contribution is 7.86. The van der Waals surface area contributed by atoms with Gasteiger partial charge in [-0.2, -0.15) is 8.42 Å². The predicted molar refractivity (Wildman–Crippen MR) is 111 cm³/mol. The number of hydrogen-bond acceptors (Lipinski definition) is 3. The average Bonchev–Trinajstić information content (AvgIpc) is 2.61. The van der Waals surface area contributed by atoms with E-state index in [9.17, 15) is 8.42 Å². The highest BCUT2D eigenvalue weighted by Gasteiger charge is 2.31. The molecular weight excluding hydrogens is 360 g/mol. The zero-order valence-electron chi connectivity index (χ0n) is 16.4. The highest BCUT2D eigenvalue weighted by atomic mass is 32.2. The van der Waals surface area contributed by atoms with E-state index >= 15 is 0 Å². The fraction of sp³-hybridized carbons (Fsp3) is 0.429. The lowest BCUT2D eigenvalue weighted by Crippen LogP contribution is -2.45. The fourth-order valence-corrected chi connectivity index (χ4v) is 6.73. The van der Waals surface area contributed by atoms with Crippen molar-refractivity contribution < 1.29 is 12.6 Å². The summed E-state index contributed by atoms with van der Waals surface area (Å²) in [5, 5.41) is 1.44. The fourth-order valence-electron chi connectivity index (χ4n) is 3.10. The van der Waals surface area contributed by atoms with Crippen molar-refractivity contribution in [2.75, 3.05) is 6.61 Å². The number of aryl methyl sites for hydroxylation is 1. The van der Waals surface area contributed by atoms with Crippen LogP contribution >= 0.6 is 0 Å². The molecule has 2 aromatic carbocycles. The minimum Gasteiger partial charge on any atom is -0.266 e. The zero-order valence-corrected chi connectivity index (χ0v) is 18.2. The SMILES string of the molecule is Cc1ccc(S(=O)(=O)OC[C@@H](C)C[C@H](C)[Si](C)(C)c2ccccc2)cc1. The molecule has 2 aromatic rings. The van der Waals surface area contributed by atoms with Gasteiger partial charge in [0.2, 0.25) is 0 Å². The lowest BCUT2D eigenvalue weighted by Gasteiger charge is -2.32. The van der Waals surface area contributed by atoms with Crippen molar-refractivity contribution in [1.82, 2.24) is 0 Å². The molecule has 0 aromatic heterocycles. The van der Waals surface area contributed by atoms with Crippen molar-refractivity contribution in [1.29, 1.82) is 0 Å². The maximum Gasteiger partial charge on any atom is 0.296 e.